The maximum Gasteiger partial charge on any atom is 0.355 e. The Morgan fingerprint density at radius 3 is 2.42 bits per heavy atom. The van der Waals surface area contributed by atoms with Gasteiger partial charge in [0.1, 0.15) is 11.3 Å². The summed E-state index contributed by atoms with van der Waals surface area (Å²) in [6.07, 6.45) is 4.07. The van der Waals surface area contributed by atoms with Crippen molar-refractivity contribution in [2.45, 2.75) is 46.3 Å². The van der Waals surface area contributed by atoms with Crippen LogP contribution in [-0.2, 0) is 22.4 Å². The highest BCUT2D eigenvalue weighted by atomic mass is 16.6. The van der Waals surface area contributed by atoms with Crippen LogP contribution in [0.2, 0.25) is 0 Å². The summed E-state index contributed by atoms with van der Waals surface area (Å²) >= 11 is 0. The molecule has 1 aromatic carbocycles. The molecule has 0 saturated heterocycles. The van der Waals surface area contributed by atoms with Crippen molar-refractivity contribution in [3.05, 3.63) is 65.2 Å². The number of hydrogen-bond acceptors (Lipinski definition) is 6. The normalized spacial score (nSPS) is 11.3. The molecule has 0 amide bonds. The lowest BCUT2D eigenvalue weighted by Crippen LogP contribution is -2.24. The predicted octanol–water partition coefficient (Wildman–Crippen LogP) is 4.12. The van der Waals surface area contributed by atoms with Crippen LogP contribution in [0.25, 0.3) is 5.69 Å². The Hall–Kier alpha value is -3.55. The van der Waals surface area contributed by atoms with E-state index in [1.807, 2.05) is 43.5 Å². The van der Waals surface area contributed by atoms with Gasteiger partial charge in [-0.15, -0.1) is 0 Å². The molecule has 0 fully saturated rings. The lowest BCUT2D eigenvalue weighted by atomic mass is 10.1. The summed E-state index contributed by atoms with van der Waals surface area (Å²) < 4.78 is 12.3. The van der Waals surface area contributed by atoms with Crippen LogP contribution in [0.4, 0.5) is 5.69 Å². The molecule has 2 N–H and O–H groups in total. The largest absolute Gasteiger partial charge is 0.465 e. The molecule has 8 heteroatoms. The van der Waals surface area contributed by atoms with Gasteiger partial charge in [0.15, 0.2) is 0 Å². The second-order valence-electron chi connectivity index (χ2n) is 8.03. The summed E-state index contributed by atoms with van der Waals surface area (Å²) in [5, 5.41) is 7.49. The lowest BCUT2D eigenvalue weighted by Gasteiger charge is -2.19. The van der Waals surface area contributed by atoms with Crippen molar-refractivity contribution in [2.24, 2.45) is 0 Å². The minimum atomic E-state index is -0.645. The maximum absolute atomic E-state index is 12.7. The molecule has 3 aromatic rings. The Balaban J connectivity index is 1.85. The Bertz CT molecular complexity index is 1040. The van der Waals surface area contributed by atoms with E-state index in [4.69, 9.17) is 9.47 Å². The number of methoxy groups -OCH3 is 1. The van der Waals surface area contributed by atoms with E-state index in [2.05, 4.69) is 15.4 Å². The van der Waals surface area contributed by atoms with E-state index < -0.39 is 17.5 Å². The molecule has 164 valence electrons. The number of H-pyrrole nitrogens is 1. The van der Waals surface area contributed by atoms with Crippen LogP contribution in [0.5, 0.6) is 0 Å². The van der Waals surface area contributed by atoms with Crippen LogP contribution in [0.1, 0.15) is 59.8 Å². The van der Waals surface area contributed by atoms with Gasteiger partial charge >= 0.3 is 11.9 Å². The first-order valence-electron chi connectivity index (χ1n) is 10.1. The Morgan fingerprint density at radius 1 is 1.16 bits per heavy atom. The van der Waals surface area contributed by atoms with Gasteiger partial charge < -0.3 is 19.8 Å². The minimum Gasteiger partial charge on any atom is -0.465 e. The first-order chi connectivity index (χ1) is 14.7. The second-order valence-corrected chi connectivity index (χ2v) is 8.03. The smallest absolute Gasteiger partial charge is 0.355 e. The number of hydrogen-bond donors (Lipinski definition) is 2. The quantitative estimate of drug-likeness (QED) is 0.554. The van der Waals surface area contributed by atoms with Gasteiger partial charge in [-0.05, 0) is 63.1 Å². The molecule has 0 radical (unpaired) electrons. The van der Waals surface area contributed by atoms with Crippen molar-refractivity contribution in [2.75, 3.05) is 12.4 Å². The van der Waals surface area contributed by atoms with Gasteiger partial charge in [0.25, 0.3) is 0 Å². The summed E-state index contributed by atoms with van der Waals surface area (Å²) in [6.45, 7) is 7.60. The molecule has 0 unspecified atom stereocenters. The highest BCUT2D eigenvalue weighted by Gasteiger charge is 2.28. The molecule has 0 atom stereocenters. The molecule has 0 bridgehead atoms. The molecule has 0 aliphatic heterocycles. The van der Waals surface area contributed by atoms with Gasteiger partial charge in [0.2, 0.25) is 0 Å². The number of nitrogens with one attached hydrogen (secondary N) is 2. The second kappa shape index (κ2) is 9.07. The third-order valence-electron chi connectivity index (χ3n) is 4.63. The Kier molecular flexibility index (Phi) is 6.48. The third-order valence-corrected chi connectivity index (χ3v) is 4.63. The number of benzene rings is 1. The molecule has 2 aromatic heterocycles. The van der Waals surface area contributed by atoms with Gasteiger partial charge in [-0.1, -0.05) is 6.92 Å². The molecular formula is C23H28N4O4. The molecular weight excluding hydrogens is 396 g/mol. The SMILES string of the molecule is CCc1c(C(=O)OC(C)(C)C)[nH]c(CNc2ccc(-n3cccn3)cc2)c1C(=O)OC. The van der Waals surface area contributed by atoms with Gasteiger partial charge in [0.05, 0.1) is 24.9 Å². The van der Waals surface area contributed by atoms with E-state index in [-0.39, 0.29) is 5.69 Å². The summed E-state index contributed by atoms with van der Waals surface area (Å²) in [4.78, 5) is 28.3. The van der Waals surface area contributed by atoms with Crippen molar-refractivity contribution in [1.29, 1.82) is 0 Å². The number of ether oxygens (including phenoxy) is 2. The molecule has 0 aliphatic carbocycles. The van der Waals surface area contributed by atoms with Crippen LogP contribution in [0.3, 0.4) is 0 Å². The number of nitrogens with zero attached hydrogens (tertiary/aromatic N) is 2. The zero-order valence-corrected chi connectivity index (χ0v) is 18.5. The molecule has 2 heterocycles. The van der Waals surface area contributed by atoms with E-state index in [0.29, 0.717) is 29.8 Å². The summed E-state index contributed by atoms with van der Waals surface area (Å²) in [7, 11) is 1.33. The fraction of sp³-hybridized carbons (Fsp3) is 0.348. The molecule has 0 saturated carbocycles. The predicted molar refractivity (Wildman–Crippen MR) is 118 cm³/mol. The van der Waals surface area contributed by atoms with Gasteiger partial charge in [-0.3, -0.25) is 0 Å². The van der Waals surface area contributed by atoms with E-state index in [1.54, 1.807) is 31.6 Å². The van der Waals surface area contributed by atoms with Crippen molar-refractivity contribution < 1.29 is 19.1 Å². The Morgan fingerprint density at radius 2 is 1.87 bits per heavy atom. The number of carbonyl (C=O) groups is 2. The monoisotopic (exact) mass is 424 g/mol. The summed E-state index contributed by atoms with van der Waals surface area (Å²) in [6, 6.07) is 9.59. The van der Waals surface area contributed by atoms with E-state index in [1.165, 1.54) is 7.11 Å². The van der Waals surface area contributed by atoms with Crippen LogP contribution >= 0.6 is 0 Å². The fourth-order valence-electron chi connectivity index (χ4n) is 3.28. The zero-order chi connectivity index (χ0) is 22.6. The van der Waals surface area contributed by atoms with E-state index in [0.717, 1.165) is 11.4 Å². The zero-order valence-electron chi connectivity index (χ0n) is 18.5. The molecule has 3 rings (SSSR count). The molecule has 0 spiro atoms. The number of carbonyl (C=O) groups excluding carboxylic acids is 2. The van der Waals surface area contributed by atoms with Crippen LogP contribution in [-0.4, -0.2) is 39.4 Å². The van der Waals surface area contributed by atoms with E-state index >= 15 is 0 Å². The summed E-state index contributed by atoms with van der Waals surface area (Å²) in [5.41, 5.74) is 2.96. The van der Waals surface area contributed by atoms with Crippen molar-refractivity contribution >= 4 is 17.6 Å². The molecule has 31 heavy (non-hydrogen) atoms. The van der Waals surface area contributed by atoms with Crippen molar-refractivity contribution in [1.82, 2.24) is 14.8 Å². The highest BCUT2D eigenvalue weighted by Crippen LogP contribution is 2.25. The maximum atomic E-state index is 12.7. The topological polar surface area (TPSA) is 98.2 Å². The third kappa shape index (κ3) is 5.14. The number of esters is 2. The number of aromatic nitrogens is 3. The highest BCUT2D eigenvalue weighted by molar-refractivity contribution is 5.99. The van der Waals surface area contributed by atoms with Crippen LogP contribution in [0.15, 0.2) is 42.7 Å². The summed E-state index contributed by atoms with van der Waals surface area (Å²) in [5.74, 6) is -0.988. The Labute approximate surface area is 181 Å². The van der Waals surface area contributed by atoms with Gasteiger partial charge in [0, 0.05) is 23.8 Å². The molecule has 8 nitrogen and oxygen atoms in total. The standard InChI is InChI=1S/C23H28N4O4/c1-6-17-19(21(28)30-5)18(26-20(17)22(29)31-23(2,3)4)14-24-15-8-10-16(11-9-15)27-13-7-12-25-27/h7-13,24,26H,6,14H2,1-5H3. The van der Waals surface area contributed by atoms with Crippen LogP contribution in [0, 0.1) is 0 Å². The fourth-order valence-corrected chi connectivity index (χ4v) is 3.28. The van der Waals surface area contributed by atoms with Crippen LogP contribution < -0.4 is 5.32 Å². The van der Waals surface area contributed by atoms with E-state index in [9.17, 15) is 9.59 Å². The molecule has 0 aliphatic rings. The van der Waals surface area contributed by atoms with Crippen molar-refractivity contribution in [3.63, 3.8) is 0 Å². The number of rotatable bonds is 7. The van der Waals surface area contributed by atoms with Crippen molar-refractivity contribution in [3.8, 4) is 5.69 Å². The average molecular weight is 425 g/mol. The lowest BCUT2D eigenvalue weighted by molar-refractivity contribution is 0.00622. The first-order valence-corrected chi connectivity index (χ1v) is 10.1. The average Bonchev–Trinajstić information content (AvgIpc) is 3.38. The number of aromatic amines is 1. The van der Waals surface area contributed by atoms with Gasteiger partial charge in [-0.25, -0.2) is 14.3 Å². The number of anilines is 1. The minimum absolute atomic E-state index is 0.281. The van der Waals surface area contributed by atoms with Gasteiger partial charge in [-0.2, -0.15) is 5.10 Å². The first kappa shape index (κ1) is 22.1.